The van der Waals surface area contributed by atoms with Crippen LogP contribution in [0.4, 0.5) is 13.2 Å². The van der Waals surface area contributed by atoms with Crippen molar-refractivity contribution in [2.24, 2.45) is 5.92 Å². The molecule has 4 heteroatoms. The smallest absolute Gasteiger partial charge is 0.314 e. The van der Waals surface area contributed by atoms with Crippen LogP contribution in [0.25, 0.3) is 0 Å². The van der Waals surface area contributed by atoms with Gasteiger partial charge >= 0.3 is 6.18 Å². The Bertz CT molecular complexity index is 409. The van der Waals surface area contributed by atoms with Gasteiger partial charge in [-0.3, -0.25) is 0 Å². The van der Waals surface area contributed by atoms with E-state index in [1.807, 2.05) is 0 Å². The van der Waals surface area contributed by atoms with E-state index >= 15 is 0 Å². The average molecular weight is 285 g/mol. The Kier molecular flexibility index (Phi) is 5.08. The minimum Gasteiger partial charge on any atom is -0.314 e. The lowest BCUT2D eigenvalue weighted by atomic mass is 9.80. The highest BCUT2D eigenvalue weighted by Crippen LogP contribution is 2.31. The van der Waals surface area contributed by atoms with Gasteiger partial charge in [0.2, 0.25) is 0 Å². The molecule has 0 amide bonds. The van der Waals surface area contributed by atoms with E-state index < -0.39 is 11.7 Å². The number of benzene rings is 1. The molecule has 20 heavy (non-hydrogen) atoms. The first-order valence-corrected chi connectivity index (χ1v) is 7.40. The van der Waals surface area contributed by atoms with Gasteiger partial charge in [-0.15, -0.1) is 0 Å². The van der Waals surface area contributed by atoms with Crippen molar-refractivity contribution in [3.8, 4) is 0 Å². The first-order valence-electron chi connectivity index (χ1n) is 7.40. The number of nitrogens with one attached hydrogen (secondary N) is 1. The van der Waals surface area contributed by atoms with Crippen molar-refractivity contribution in [3.63, 3.8) is 0 Å². The third-order valence-corrected chi connectivity index (χ3v) is 4.15. The minimum absolute atomic E-state index is 0.510. The molecule has 2 unspecified atom stereocenters. The molecular weight excluding hydrogens is 263 g/mol. The number of hydrogen-bond acceptors (Lipinski definition) is 1. The van der Waals surface area contributed by atoms with Gasteiger partial charge in [0.15, 0.2) is 0 Å². The van der Waals surface area contributed by atoms with Gasteiger partial charge in [-0.2, -0.15) is 13.2 Å². The molecule has 0 bridgehead atoms. The summed E-state index contributed by atoms with van der Waals surface area (Å²) < 4.78 is 37.6. The van der Waals surface area contributed by atoms with Crippen LogP contribution in [-0.2, 0) is 12.6 Å². The van der Waals surface area contributed by atoms with E-state index in [1.54, 1.807) is 12.1 Å². The summed E-state index contributed by atoms with van der Waals surface area (Å²) in [5.74, 6) is 0.542. The Morgan fingerprint density at radius 3 is 2.35 bits per heavy atom. The largest absolute Gasteiger partial charge is 0.416 e. The van der Waals surface area contributed by atoms with Crippen LogP contribution in [0.5, 0.6) is 0 Å². The summed E-state index contributed by atoms with van der Waals surface area (Å²) >= 11 is 0. The Morgan fingerprint density at radius 2 is 1.75 bits per heavy atom. The summed E-state index contributed by atoms with van der Waals surface area (Å²) in [6.07, 6.45) is 1.46. The van der Waals surface area contributed by atoms with E-state index in [4.69, 9.17) is 0 Å². The second kappa shape index (κ2) is 6.61. The van der Waals surface area contributed by atoms with Crippen LogP contribution < -0.4 is 5.32 Å². The highest BCUT2D eigenvalue weighted by Gasteiger charge is 2.30. The first kappa shape index (κ1) is 15.4. The molecule has 0 aromatic heterocycles. The number of hydrogen-bond donors (Lipinski definition) is 1. The summed E-state index contributed by atoms with van der Waals surface area (Å²) in [5.41, 5.74) is 0.445. The van der Waals surface area contributed by atoms with Gasteiger partial charge < -0.3 is 5.32 Å². The molecule has 112 valence electrons. The van der Waals surface area contributed by atoms with Crippen molar-refractivity contribution in [1.82, 2.24) is 5.32 Å². The molecule has 0 spiro atoms. The Hall–Kier alpha value is -1.03. The lowest BCUT2D eigenvalue weighted by Crippen LogP contribution is -2.39. The van der Waals surface area contributed by atoms with Crippen LogP contribution in [0.3, 0.4) is 0 Å². The average Bonchev–Trinajstić information content (AvgIpc) is 2.41. The van der Waals surface area contributed by atoms with E-state index in [1.165, 1.54) is 37.8 Å². The fourth-order valence-corrected chi connectivity index (χ4v) is 3.12. The van der Waals surface area contributed by atoms with Crippen LogP contribution >= 0.6 is 0 Å². The van der Waals surface area contributed by atoms with Crippen LogP contribution in [0.15, 0.2) is 24.3 Å². The molecule has 1 aromatic carbocycles. The monoisotopic (exact) mass is 285 g/mol. The fourth-order valence-electron chi connectivity index (χ4n) is 3.12. The van der Waals surface area contributed by atoms with E-state index in [0.29, 0.717) is 12.0 Å². The van der Waals surface area contributed by atoms with Gasteiger partial charge in [0.25, 0.3) is 0 Å². The molecule has 0 saturated heterocycles. The molecule has 1 nitrogen and oxygen atoms in total. The van der Waals surface area contributed by atoms with Gasteiger partial charge in [0.1, 0.15) is 0 Å². The highest BCUT2D eigenvalue weighted by molar-refractivity contribution is 5.25. The highest BCUT2D eigenvalue weighted by atomic mass is 19.4. The summed E-state index contributed by atoms with van der Waals surface area (Å²) in [6.45, 7) is 3.05. The van der Waals surface area contributed by atoms with E-state index in [-0.39, 0.29) is 0 Å². The maximum atomic E-state index is 12.5. The van der Waals surface area contributed by atoms with Crippen molar-refractivity contribution in [2.45, 2.75) is 51.2 Å². The molecule has 1 saturated carbocycles. The topological polar surface area (TPSA) is 12.0 Å². The third-order valence-electron chi connectivity index (χ3n) is 4.15. The lowest BCUT2D eigenvalue weighted by molar-refractivity contribution is -0.137. The molecule has 1 aromatic rings. The van der Waals surface area contributed by atoms with E-state index in [9.17, 15) is 13.2 Å². The van der Waals surface area contributed by atoms with Crippen molar-refractivity contribution < 1.29 is 13.2 Å². The normalized spacial score (nSPS) is 23.8. The van der Waals surface area contributed by atoms with Crippen LogP contribution in [0.2, 0.25) is 0 Å². The SMILES string of the molecule is CCNC1CCCCC1Cc1ccc(C(F)(F)F)cc1. The van der Waals surface area contributed by atoms with Crippen LogP contribution in [0, 0.1) is 5.92 Å². The summed E-state index contributed by atoms with van der Waals surface area (Å²) in [6, 6.07) is 6.15. The molecule has 1 aliphatic rings. The molecule has 0 aliphatic heterocycles. The molecule has 2 atom stereocenters. The Morgan fingerprint density at radius 1 is 1.10 bits per heavy atom. The Balaban J connectivity index is 2.01. The van der Waals surface area contributed by atoms with Crippen molar-refractivity contribution in [1.29, 1.82) is 0 Å². The second-order valence-corrected chi connectivity index (χ2v) is 5.61. The number of rotatable bonds is 4. The van der Waals surface area contributed by atoms with E-state index in [0.717, 1.165) is 18.5 Å². The second-order valence-electron chi connectivity index (χ2n) is 5.61. The molecular formula is C16H22F3N. The Labute approximate surface area is 118 Å². The molecule has 1 N–H and O–H groups in total. The maximum Gasteiger partial charge on any atom is 0.416 e. The number of halogens is 3. The van der Waals surface area contributed by atoms with Crippen LogP contribution in [0.1, 0.15) is 43.7 Å². The summed E-state index contributed by atoms with van der Waals surface area (Å²) in [5, 5.41) is 3.51. The quantitative estimate of drug-likeness (QED) is 0.863. The maximum absolute atomic E-state index is 12.5. The third kappa shape index (κ3) is 3.98. The summed E-state index contributed by atoms with van der Waals surface area (Å²) in [7, 11) is 0. The zero-order valence-electron chi connectivity index (χ0n) is 11.8. The first-order chi connectivity index (χ1) is 9.50. The van der Waals surface area contributed by atoms with Crippen molar-refractivity contribution in [2.75, 3.05) is 6.54 Å². The minimum atomic E-state index is -4.24. The van der Waals surface area contributed by atoms with Gasteiger partial charge in [0, 0.05) is 6.04 Å². The summed E-state index contributed by atoms with van der Waals surface area (Å²) in [4.78, 5) is 0. The van der Waals surface area contributed by atoms with Crippen LogP contribution in [-0.4, -0.2) is 12.6 Å². The van der Waals surface area contributed by atoms with Gasteiger partial charge in [-0.25, -0.2) is 0 Å². The van der Waals surface area contributed by atoms with Gasteiger partial charge in [-0.05, 0) is 49.4 Å². The molecule has 1 aliphatic carbocycles. The standard InChI is InChI=1S/C16H22F3N/c1-2-20-15-6-4-3-5-13(15)11-12-7-9-14(10-8-12)16(17,18)19/h7-10,13,15,20H,2-6,11H2,1H3. The van der Waals surface area contributed by atoms with Crippen molar-refractivity contribution in [3.05, 3.63) is 35.4 Å². The van der Waals surface area contributed by atoms with E-state index in [2.05, 4.69) is 12.2 Å². The van der Waals surface area contributed by atoms with Gasteiger partial charge in [0.05, 0.1) is 5.56 Å². The molecule has 0 radical (unpaired) electrons. The zero-order chi connectivity index (χ0) is 14.6. The predicted octanol–water partition coefficient (Wildman–Crippen LogP) is 4.42. The number of alkyl halides is 3. The van der Waals surface area contributed by atoms with Crippen molar-refractivity contribution >= 4 is 0 Å². The lowest BCUT2D eigenvalue weighted by Gasteiger charge is -2.32. The fraction of sp³-hybridized carbons (Fsp3) is 0.625. The molecule has 0 heterocycles. The molecule has 2 rings (SSSR count). The zero-order valence-corrected chi connectivity index (χ0v) is 11.8. The predicted molar refractivity (Wildman–Crippen MR) is 74.6 cm³/mol. The molecule has 1 fully saturated rings. The van der Waals surface area contributed by atoms with Gasteiger partial charge in [-0.1, -0.05) is 31.9 Å².